The molecule has 0 aromatic heterocycles. The molecule has 0 N–H and O–H groups in total. The molecule has 13 heteroatoms. The summed E-state index contributed by atoms with van der Waals surface area (Å²) in [6.45, 7) is 0. The van der Waals surface area contributed by atoms with Gasteiger partial charge in [0.1, 0.15) is 0 Å². The van der Waals surface area contributed by atoms with Crippen LogP contribution in [0.15, 0.2) is 0 Å². The zero-order valence-electron chi connectivity index (χ0n) is 8.37. The van der Waals surface area contributed by atoms with Crippen LogP contribution < -0.4 is 0 Å². The molecule has 116 valence electrons. The van der Waals surface area contributed by atoms with Crippen LogP contribution in [0, 0.1) is 0 Å². The van der Waals surface area contributed by atoms with Crippen LogP contribution in [-0.2, 0) is 9.84 Å². The van der Waals surface area contributed by atoms with Gasteiger partial charge in [-0.3, -0.25) is 0 Å². The van der Waals surface area contributed by atoms with Crippen molar-refractivity contribution in [2.24, 2.45) is 0 Å². The molecular weight excluding hydrogens is 326 g/mol. The van der Waals surface area contributed by atoms with Gasteiger partial charge in [0.2, 0.25) is 0 Å². The maximum atomic E-state index is 12.6. The first kappa shape index (κ1) is 18.2. The molecule has 0 rings (SSSR count). The second-order valence-electron chi connectivity index (χ2n) is 3.24. The van der Waals surface area contributed by atoms with E-state index in [1.165, 1.54) is 0 Å². The molecule has 0 amide bonds. The Kier molecular flexibility index (Phi) is 4.78. The number of alkyl halides is 10. The minimum atomic E-state index is -6.50. The van der Waals surface area contributed by atoms with Crippen LogP contribution in [0.3, 0.4) is 0 Å². The molecule has 0 aliphatic heterocycles. The van der Waals surface area contributed by atoms with Crippen LogP contribution in [0.1, 0.15) is 0 Å². The first-order valence-electron chi connectivity index (χ1n) is 4.04. The van der Waals surface area contributed by atoms with E-state index in [-0.39, 0.29) is 0 Å². The van der Waals surface area contributed by atoms with Crippen LogP contribution in [0.2, 0.25) is 0 Å². The van der Waals surface area contributed by atoms with E-state index in [0.29, 0.717) is 0 Å². The highest BCUT2D eigenvalue weighted by Gasteiger charge is 2.68. The van der Waals surface area contributed by atoms with Gasteiger partial charge in [0.15, 0.2) is 6.17 Å². The minimum absolute atomic E-state index is 3.09. The summed E-state index contributed by atoms with van der Waals surface area (Å²) in [6.07, 6.45) is -9.74. The lowest BCUT2D eigenvalue weighted by Crippen LogP contribution is -2.54. The summed E-state index contributed by atoms with van der Waals surface area (Å²) in [6, 6.07) is 0. The van der Waals surface area contributed by atoms with Gasteiger partial charge in [-0.2, -0.15) is 30.7 Å². The highest BCUT2D eigenvalue weighted by atomic mass is 32.2. The molecule has 19 heavy (non-hydrogen) atoms. The molecule has 0 aromatic rings. The van der Waals surface area contributed by atoms with Crippen molar-refractivity contribution in [3.05, 3.63) is 0 Å². The minimum Gasteiger partial charge on any atom is -0.239 e. The fourth-order valence-corrected chi connectivity index (χ4v) is 1.53. The van der Waals surface area contributed by atoms with E-state index in [2.05, 4.69) is 0 Å². The third kappa shape index (κ3) is 3.42. The van der Waals surface area contributed by atoms with Gasteiger partial charge in [-0.25, -0.2) is 21.6 Å². The van der Waals surface area contributed by atoms with Crippen LogP contribution in [0.5, 0.6) is 0 Å². The van der Waals surface area contributed by atoms with E-state index in [0.717, 1.165) is 0 Å². The molecule has 0 saturated carbocycles. The quantitative estimate of drug-likeness (QED) is 0.727. The van der Waals surface area contributed by atoms with Gasteiger partial charge < -0.3 is 0 Å². The standard InChI is InChI=1S/C6H4F10O2S/c7-2(1-19(17,18)6(14,15)16)4(10,11)5(12,13)3(8)9/h2-3H,1H2. The molecule has 0 saturated heterocycles. The molecule has 0 radical (unpaired) electrons. The maximum Gasteiger partial charge on any atom is 0.497 e. The number of sulfone groups is 1. The fourth-order valence-electron chi connectivity index (χ4n) is 0.746. The van der Waals surface area contributed by atoms with E-state index in [1.54, 1.807) is 0 Å². The second kappa shape index (κ2) is 4.98. The Morgan fingerprint density at radius 3 is 1.42 bits per heavy atom. The Bertz CT molecular complexity index is 410. The zero-order chi connectivity index (χ0) is 15.9. The van der Waals surface area contributed by atoms with Crippen molar-refractivity contribution in [1.29, 1.82) is 0 Å². The van der Waals surface area contributed by atoms with Crippen molar-refractivity contribution >= 4 is 9.84 Å². The second-order valence-corrected chi connectivity index (χ2v) is 5.27. The summed E-state index contributed by atoms with van der Waals surface area (Å²) in [7, 11) is -6.50. The average molecular weight is 330 g/mol. The SMILES string of the molecule is O=S(=O)(CC(F)C(F)(F)C(F)(F)C(F)F)C(F)(F)F. The number of hydrogen-bond donors (Lipinski definition) is 0. The van der Waals surface area contributed by atoms with E-state index < -0.39 is 45.5 Å². The highest BCUT2D eigenvalue weighted by Crippen LogP contribution is 2.43. The normalized spacial score (nSPS) is 16.8. The molecule has 1 unspecified atom stereocenters. The zero-order valence-corrected chi connectivity index (χ0v) is 9.18. The molecule has 2 nitrogen and oxygen atoms in total. The van der Waals surface area contributed by atoms with Crippen molar-refractivity contribution in [3.63, 3.8) is 0 Å². The number of hydrogen-bond acceptors (Lipinski definition) is 2. The summed E-state index contributed by atoms with van der Waals surface area (Å²) >= 11 is 0. The summed E-state index contributed by atoms with van der Waals surface area (Å²) in [5.74, 6) is -15.7. The topological polar surface area (TPSA) is 34.1 Å². The Balaban J connectivity index is 5.30. The number of rotatable bonds is 5. The first-order chi connectivity index (χ1) is 8.07. The Labute approximate surface area is 98.8 Å². The Morgan fingerprint density at radius 2 is 1.16 bits per heavy atom. The van der Waals surface area contributed by atoms with Crippen molar-refractivity contribution in [2.45, 2.75) is 30.0 Å². The molecule has 0 spiro atoms. The van der Waals surface area contributed by atoms with E-state index >= 15 is 0 Å². The molecule has 1 atom stereocenters. The molecule has 0 bridgehead atoms. The van der Waals surface area contributed by atoms with Crippen LogP contribution in [0.25, 0.3) is 0 Å². The van der Waals surface area contributed by atoms with Gasteiger partial charge in [-0.05, 0) is 0 Å². The van der Waals surface area contributed by atoms with Gasteiger partial charge in [-0.1, -0.05) is 0 Å². The lowest BCUT2D eigenvalue weighted by molar-refractivity contribution is -0.282. The molecule has 0 aromatic carbocycles. The summed E-state index contributed by atoms with van der Waals surface area (Å²) in [4.78, 5) is 0. The van der Waals surface area contributed by atoms with Gasteiger partial charge >= 0.3 is 23.8 Å². The molecule has 0 aliphatic carbocycles. The molecule has 0 heterocycles. The molecule has 0 fully saturated rings. The van der Waals surface area contributed by atoms with E-state index in [4.69, 9.17) is 0 Å². The monoisotopic (exact) mass is 330 g/mol. The number of halogens is 10. The van der Waals surface area contributed by atoms with Gasteiger partial charge in [0.25, 0.3) is 9.84 Å². The smallest absolute Gasteiger partial charge is 0.239 e. The predicted molar refractivity (Wildman–Crippen MR) is 40.6 cm³/mol. The van der Waals surface area contributed by atoms with Gasteiger partial charge in [-0.15, -0.1) is 0 Å². The van der Waals surface area contributed by atoms with Crippen molar-refractivity contribution < 1.29 is 52.3 Å². The van der Waals surface area contributed by atoms with Crippen molar-refractivity contribution in [1.82, 2.24) is 0 Å². The van der Waals surface area contributed by atoms with Gasteiger partial charge in [0, 0.05) is 0 Å². The average Bonchev–Trinajstić information content (AvgIpc) is 2.14. The van der Waals surface area contributed by atoms with E-state index in [9.17, 15) is 52.3 Å². The summed E-state index contributed by atoms with van der Waals surface area (Å²) < 4.78 is 141. The summed E-state index contributed by atoms with van der Waals surface area (Å²) in [5, 5.41) is 0. The molecule has 0 aliphatic rings. The lowest BCUT2D eigenvalue weighted by atomic mass is 10.1. The highest BCUT2D eigenvalue weighted by molar-refractivity contribution is 7.92. The predicted octanol–water partition coefficient (Wildman–Crippen LogP) is 2.79. The third-order valence-corrected chi connectivity index (χ3v) is 3.27. The first-order valence-corrected chi connectivity index (χ1v) is 5.69. The lowest BCUT2D eigenvalue weighted by Gasteiger charge is -2.28. The van der Waals surface area contributed by atoms with Crippen LogP contribution in [-0.4, -0.2) is 44.1 Å². The van der Waals surface area contributed by atoms with Crippen molar-refractivity contribution in [2.75, 3.05) is 5.75 Å². The Hall–Kier alpha value is -0.750. The third-order valence-electron chi connectivity index (χ3n) is 1.83. The maximum absolute atomic E-state index is 12.6. The van der Waals surface area contributed by atoms with Crippen LogP contribution >= 0.6 is 0 Å². The van der Waals surface area contributed by atoms with Crippen molar-refractivity contribution in [3.8, 4) is 0 Å². The van der Waals surface area contributed by atoms with E-state index in [1.807, 2.05) is 0 Å². The van der Waals surface area contributed by atoms with Crippen LogP contribution in [0.4, 0.5) is 43.9 Å². The fraction of sp³-hybridized carbons (Fsp3) is 1.00. The summed E-state index contributed by atoms with van der Waals surface area (Å²) in [5.41, 5.74) is -6.17. The van der Waals surface area contributed by atoms with Gasteiger partial charge in [0.05, 0.1) is 5.75 Å². The molecular formula is C6H4F10O2S. The largest absolute Gasteiger partial charge is 0.497 e. The Morgan fingerprint density at radius 1 is 0.789 bits per heavy atom.